The minimum absolute atomic E-state index is 0.0181. The van der Waals surface area contributed by atoms with E-state index in [1.807, 2.05) is 19.1 Å². The highest BCUT2D eigenvalue weighted by atomic mass is 19.3. The van der Waals surface area contributed by atoms with Crippen molar-refractivity contribution in [1.29, 1.82) is 0 Å². The summed E-state index contributed by atoms with van der Waals surface area (Å²) in [6.45, 7) is 3.37. The van der Waals surface area contributed by atoms with Crippen LogP contribution in [0.4, 0.5) is 8.78 Å². The minimum Gasteiger partial charge on any atom is -0.434 e. The van der Waals surface area contributed by atoms with E-state index in [4.69, 9.17) is 0 Å². The first-order valence-corrected chi connectivity index (χ1v) is 7.08. The lowest BCUT2D eigenvalue weighted by molar-refractivity contribution is -0.0507. The topological polar surface area (TPSA) is 33.3 Å². The molecule has 1 aliphatic rings. The zero-order valence-corrected chi connectivity index (χ0v) is 11.9. The van der Waals surface area contributed by atoms with Crippen molar-refractivity contribution in [1.82, 2.24) is 10.6 Å². The lowest BCUT2D eigenvalue weighted by atomic mass is 9.93. The number of nitrogens with one attached hydrogen (secondary N) is 2. The molecule has 0 saturated carbocycles. The van der Waals surface area contributed by atoms with E-state index in [2.05, 4.69) is 22.3 Å². The van der Waals surface area contributed by atoms with E-state index in [1.54, 1.807) is 12.1 Å². The van der Waals surface area contributed by atoms with Crippen LogP contribution in [0.25, 0.3) is 0 Å². The lowest BCUT2D eigenvalue weighted by Gasteiger charge is -2.33. The van der Waals surface area contributed by atoms with Crippen molar-refractivity contribution in [3.63, 3.8) is 0 Å². The molecular weight excluding hydrogens is 262 g/mol. The Morgan fingerprint density at radius 3 is 2.80 bits per heavy atom. The van der Waals surface area contributed by atoms with Crippen molar-refractivity contribution in [3.05, 3.63) is 29.8 Å². The molecule has 2 N–H and O–H groups in total. The van der Waals surface area contributed by atoms with Crippen molar-refractivity contribution < 1.29 is 13.5 Å². The first-order chi connectivity index (χ1) is 9.58. The summed E-state index contributed by atoms with van der Waals surface area (Å²) >= 11 is 0. The maximum Gasteiger partial charge on any atom is 0.387 e. The normalized spacial score (nSPS) is 24.6. The van der Waals surface area contributed by atoms with Gasteiger partial charge in [0.05, 0.1) is 0 Å². The van der Waals surface area contributed by atoms with Gasteiger partial charge in [-0.05, 0) is 38.4 Å². The van der Waals surface area contributed by atoms with Gasteiger partial charge in [-0.1, -0.05) is 25.1 Å². The average Bonchev–Trinajstić information content (AvgIpc) is 2.41. The molecule has 0 aliphatic carbocycles. The summed E-state index contributed by atoms with van der Waals surface area (Å²) in [6, 6.07) is 7.35. The van der Waals surface area contributed by atoms with Gasteiger partial charge in [0.25, 0.3) is 0 Å². The van der Waals surface area contributed by atoms with Gasteiger partial charge in [-0.15, -0.1) is 0 Å². The van der Waals surface area contributed by atoms with Crippen LogP contribution >= 0.6 is 0 Å². The number of hydrogen-bond donors (Lipinski definition) is 2. The predicted molar refractivity (Wildman–Crippen MR) is 75.1 cm³/mol. The Morgan fingerprint density at radius 1 is 1.35 bits per heavy atom. The molecule has 0 amide bonds. The fourth-order valence-corrected chi connectivity index (χ4v) is 2.71. The zero-order valence-electron chi connectivity index (χ0n) is 11.9. The standard InChI is InChI=1S/C15H22F2N2O/c1-10-9-18-8-7-13(10)19-11(2)12-5-3-4-6-14(12)20-15(16)17/h3-6,10-11,13,15,18-19H,7-9H2,1-2H3. The Balaban J connectivity index is 2.06. The van der Waals surface area contributed by atoms with E-state index in [-0.39, 0.29) is 11.8 Å². The molecule has 1 aromatic carbocycles. The zero-order chi connectivity index (χ0) is 14.5. The predicted octanol–water partition coefficient (Wildman–Crippen LogP) is 2.94. The summed E-state index contributed by atoms with van der Waals surface area (Å²) in [5.74, 6) is 0.776. The van der Waals surface area contributed by atoms with E-state index < -0.39 is 6.61 Å². The number of halogens is 2. The number of piperidine rings is 1. The first-order valence-electron chi connectivity index (χ1n) is 7.08. The van der Waals surface area contributed by atoms with Crippen molar-refractivity contribution in [2.45, 2.75) is 39.0 Å². The van der Waals surface area contributed by atoms with Crippen LogP contribution in [0.15, 0.2) is 24.3 Å². The van der Waals surface area contributed by atoms with E-state index in [0.29, 0.717) is 12.0 Å². The van der Waals surface area contributed by atoms with Crippen LogP contribution in [0, 0.1) is 5.92 Å². The molecule has 5 heteroatoms. The van der Waals surface area contributed by atoms with Gasteiger partial charge in [0, 0.05) is 17.6 Å². The Labute approximate surface area is 118 Å². The van der Waals surface area contributed by atoms with Gasteiger partial charge < -0.3 is 15.4 Å². The highest BCUT2D eigenvalue weighted by Crippen LogP contribution is 2.27. The molecule has 1 aliphatic heterocycles. The third-order valence-electron chi connectivity index (χ3n) is 3.85. The SMILES string of the molecule is CC(NC1CCNCC1C)c1ccccc1OC(F)F. The molecule has 3 nitrogen and oxygen atoms in total. The number of ether oxygens (including phenoxy) is 1. The van der Waals surface area contributed by atoms with Gasteiger partial charge in [-0.3, -0.25) is 0 Å². The molecule has 1 heterocycles. The molecular formula is C15H22F2N2O. The number of para-hydroxylation sites is 1. The van der Waals surface area contributed by atoms with Crippen LogP contribution in [-0.2, 0) is 0 Å². The minimum atomic E-state index is -2.79. The highest BCUT2D eigenvalue weighted by molar-refractivity contribution is 5.35. The second-order valence-corrected chi connectivity index (χ2v) is 5.38. The van der Waals surface area contributed by atoms with Crippen molar-refractivity contribution in [2.75, 3.05) is 13.1 Å². The molecule has 1 aromatic rings. The maximum atomic E-state index is 12.4. The number of hydrogen-bond acceptors (Lipinski definition) is 3. The fraction of sp³-hybridized carbons (Fsp3) is 0.600. The molecule has 112 valence electrons. The van der Waals surface area contributed by atoms with Crippen LogP contribution < -0.4 is 15.4 Å². The van der Waals surface area contributed by atoms with Gasteiger partial charge in [-0.2, -0.15) is 8.78 Å². The molecule has 1 saturated heterocycles. The molecule has 20 heavy (non-hydrogen) atoms. The molecule has 0 bridgehead atoms. The number of rotatable bonds is 5. The highest BCUT2D eigenvalue weighted by Gasteiger charge is 2.24. The van der Waals surface area contributed by atoms with Crippen LogP contribution in [0.3, 0.4) is 0 Å². The van der Waals surface area contributed by atoms with E-state index in [9.17, 15) is 8.78 Å². The maximum absolute atomic E-state index is 12.4. The first kappa shape index (κ1) is 15.2. The monoisotopic (exact) mass is 284 g/mol. The van der Waals surface area contributed by atoms with Gasteiger partial charge in [0.2, 0.25) is 0 Å². The Bertz CT molecular complexity index is 428. The summed E-state index contributed by atoms with van der Waals surface area (Å²) in [5.41, 5.74) is 0.776. The van der Waals surface area contributed by atoms with Crippen LogP contribution in [-0.4, -0.2) is 25.7 Å². The smallest absolute Gasteiger partial charge is 0.387 e. The molecule has 0 spiro atoms. The van der Waals surface area contributed by atoms with Gasteiger partial charge in [-0.25, -0.2) is 0 Å². The third-order valence-corrected chi connectivity index (χ3v) is 3.85. The van der Waals surface area contributed by atoms with Crippen molar-refractivity contribution in [2.24, 2.45) is 5.92 Å². The molecule has 2 rings (SSSR count). The summed E-state index contributed by atoms with van der Waals surface area (Å²) in [4.78, 5) is 0. The summed E-state index contributed by atoms with van der Waals surface area (Å²) in [6.07, 6.45) is 1.05. The van der Waals surface area contributed by atoms with Crippen molar-refractivity contribution >= 4 is 0 Å². The number of benzene rings is 1. The van der Waals surface area contributed by atoms with E-state index in [0.717, 1.165) is 25.1 Å². The van der Waals surface area contributed by atoms with Crippen LogP contribution in [0.2, 0.25) is 0 Å². The van der Waals surface area contributed by atoms with E-state index >= 15 is 0 Å². The summed E-state index contributed by atoms with van der Waals surface area (Å²) in [5, 5.41) is 6.88. The summed E-state index contributed by atoms with van der Waals surface area (Å²) in [7, 11) is 0. The fourth-order valence-electron chi connectivity index (χ4n) is 2.71. The average molecular weight is 284 g/mol. The lowest BCUT2D eigenvalue weighted by Crippen LogP contribution is -2.47. The Morgan fingerprint density at radius 2 is 2.10 bits per heavy atom. The van der Waals surface area contributed by atoms with Gasteiger partial charge in [0.1, 0.15) is 5.75 Å². The van der Waals surface area contributed by atoms with Gasteiger partial charge in [0.15, 0.2) is 0 Å². The van der Waals surface area contributed by atoms with Gasteiger partial charge >= 0.3 is 6.61 Å². The Kier molecular flexibility index (Phi) is 5.31. The number of alkyl halides is 2. The van der Waals surface area contributed by atoms with Crippen molar-refractivity contribution in [3.8, 4) is 5.75 Å². The quantitative estimate of drug-likeness (QED) is 0.872. The third kappa shape index (κ3) is 3.90. The summed E-state index contributed by atoms with van der Waals surface area (Å²) < 4.78 is 29.5. The molecule has 0 radical (unpaired) electrons. The second-order valence-electron chi connectivity index (χ2n) is 5.38. The molecule has 1 fully saturated rings. The van der Waals surface area contributed by atoms with E-state index in [1.165, 1.54) is 0 Å². The van der Waals surface area contributed by atoms with Crippen LogP contribution in [0.1, 0.15) is 31.9 Å². The second kappa shape index (κ2) is 6.99. The Hall–Kier alpha value is -1.20. The van der Waals surface area contributed by atoms with Crippen LogP contribution in [0.5, 0.6) is 5.75 Å². The molecule has 3 unspecified atom stereocenters. The largest absolute Gasteiger partial charge is 0.434 e. The molecule has 3 atom stereocenters. The molecule has 0 aromatic heterocycles.